The van der Waals surface area contributed by atoms with Crippen molar-refractivity contribution >= 4 is 34.6 Å². The molecular formula is C19H24N4O2. The highest BCUT2D eigenvalue weighted by Gasteiger charge is 2.06. The van der Waals surface area contributed by atoms with Crippen LogP contribution in [0, 0.1) is 0 Å². The number of unbranched alkanes of at least 4 members (excludes halogenated alkanes) is 2. The van der Waals surface area contributed by atoms with Gasteiger partial charge in [0.2, 0.25) is 11.8 Å². The van der Waals surface area contributed by atoms with Gasteiger partial charge >= 0.3 is 0 Å². The number of carbonyl (C=O) groups is 2. The Bertz CT molecular complexity index is 714. The highest BCUT2D eigenvalue weighted by Crippen LogP contribution is 2.17. The van der Waals surface area contributed by atoms with Crippen LogP contribution in [0.2, 0.25) is 0 Å². The van der Waals surface area contributed by atoms with E-state index in [1.807, 2.05) is 12.1 Å². The quantitative estimate of drug-likeness (QED) is 0.436. The minimum Gasteiger partial charge on any atom is -0.399 e. The molecule has 2 aromatic carbocycles. The lowest BCUT2D eigenvalue weighted by atomic mass is 10.1. The number of nitrogens with two attached hydrogens (primary N) is 2. The van der Waals surface area contributed by atoms with Crippen molar-refractivity contribution in [3.63, 3.8) is 0 Å². The van der Waals surface area contributed by atoms with Crippen molar-refractivity contribution < 1.29 is 9.59 Å². The molecule has 0 aromatic heterocycles. The minimum absolute atomic E-state index is 0.0358. The summed E-state index contributed by atoms with van der Waals surface area (Å²) < 4.78 is 0. The van der Waals surface area contributed by atoms with Crippen LogP contribution in [0.15, 0.2) is 48.5 Å². The number of hydrogen-bond acceptors (Lipinski definition) is 4. The first-order valence-corrected chi connectivity index (χ1v) is 8.34. The summed E-state index contributed by atoms with van der Waals surface area (Å²) in [5.74, 6) is -0.101. The first kappa shape index (κ1) is 18.3. The standard InChI is InChI=1S/C19H24N4O2/c20-14-10-12-15(13-11-14)22-18(24)8-2-1-3-9-19(25)23-17-7-5-4-6-16(17)21/h4-7,10-13H,1-3,8-9,20-21H2,(H,22,24)(H,23,25). The minimum atomic E-state index is -0.0655. The van der Waals surface area contributed by atoms with Gasteiger partial charge in [-0.25, -0.2) is 0 Å². The van der Waals surface area contributed by atoms with Crippen molar-refractivity contribution in [3.05, 3.63) is 48.5 Å². The van der Waals surface area contributed by atoms with Crippen molar-refractivity contribution in [1.29, 1.82) is 0 Å². The van der Waals surface area contributed by atoms with E-state index in [4.69, 9.17) is 11.5 Å². The lowest BCUT2D eigenvalue weighted by molar-refractivity contribution is -0.116. The predicted octanol–water partition coefficient (Wildman–Crippen LogP) is 3.38. The Labute approximate surface area is 147 Å². The second-order valence-electron chi connectivity index (χ2n) is 5.87. The fraction of sp³-hybridized carbons (Fsp3) is 0.263. The maximum atomic E-state index is 11.9. The Morgan fingerprint density at radius 2 is 1.36 bits per heavy atom. The van der Waals surface area contributed by atoms with Crippen molar-refractivity contribution in [2.24, 2.45) is 0 Å². The summed E-state index contributed by atoms with van der Waals surface area (Å²) in [5.41, 5.74) is 14.0. The first-order valence-electron chi connectivity index (χ1n) is 8.34. The molecule has 0 aliphatic carbocycles. The number of para-hydroxylation sites is 2. The number of hydrogen-bond donors (Lipinski definition) is 4. The molecule has 6 heteroatoms. The summed E-state index contributed by atoms with van der Waals surface area (Å²) >= 11 is 0. The van der Waals surface area contributed by atoms with Gasteiger partial charge in [-0.05, 0) is 49.2 Å². The van der Waals surface area contributed by atoms with E-state index in [2.05, 4.69) is 10.6 Å². The van der Waals surface area contributed by atoms with Crippen molar-refractivity contribution in [2.45, 2.75) is 32.1 Å². The Morgan fingerprint density at radius 3 is 2.00 bits per heavy atom. The number of carbonyl (C=O) groups excluding carboxylic acids is 2. The summed E-state index contributed by atoms with van der Waals surface area (Å²) in [6.45, 7) is 0. The Hall–Kier alpha value is -3.02. The Morgan fingerprint density at radius 1 is 0.760 bits per heavy atom. The molecule has 0 aliphatic rings. The summed E-state index contributed by atoms with van der Waals surface area (Å²) in [6.07, 6.45) is 3.12. The van der Waals surface area contributed by atoms with E-state index in [0.29, 0.717) is 29.9 Å². The monoisotopic (exact) mass is 340 g/mol. The van der Waals surface area contributed by atoms with Gasteiger partial charge in [0.15, 0.2) is 0 Å². The zero-order valence-electron chi connectivity index (χ0n) is 14.1. The lowest BCUT2D eigenvalue weighted by Crippen LogP contribution is -2.13. The number of nitrogens with one attached hydrogen (secondary N) is 2. The van der Waals surface area contributed by atoms with Crippen LogP contribution < -0.4 is 22.1 Å². The third kappa shape index (κ3) is 6.55. The molecule has 0 fully saturated rings. The molecule has 2 amide bonds. The van der Waals surface area contributed by atoms with Gasteiger partial charge in [0.25, 0.3) is 0 Å². The third-order valence-electron chi connectivity index (χ3n) is 3.74. The van der Waals surface area contributed by atoms with Crippen molar-refractivity contribution in [2.75, 3.05) is 22.1 Å². The van der Waals surface area contributed by atoms with Crippen LogP contribution in [-0.2, 0) is 9.59 Å². The van der Waals surface area contributed by atoms with E-state index in [-0.39, 0.29) is 11.8 Å². The summed E-state index contributed by atoms with van der Waals surface area (Å²) in [6, 6.07) is 14.2. The van der Waals surface area contributed by atoms with Crippen LogP contribution in [0.3, 0.4) is 0 Å². The molecule has 0 atom stereocenters. The van der Waals surface area contributed by atoms with E-state index in [0.717, 1.165) is 24.9 Å². The predicted molar refractivity (Wildman–Crippen MR) is 102 cm³/mol. The second kappa shape index (κ2) is 9.32. The molecule has 0 aliphatic heterocycles. The molecule has 0 radical (unpaired) electrons. The lowest BCUT2D eigenvalue weighted by Gasteiger charge is -2.08. The van der Waals surface area contributed by atoms with Crippen LogP contribution >= 0.6 is 0 Å². The maximum Gasteiger partial charge on any atom is 0.224 e. The summed E-state index contributed by atoms with van der Waals surface area (Å²) in [7, 11) is 0. The highest BCUT2D eigenvalue weighted by atomic mass is 16.2. The smallest absolute Gasteiger partial charge is 0.224 e. The molecule has 0 heterocycles. The van der Waals surface area contributed by atoms with E-state index in [1.165, 1.54) is 0 Å². The van der Waals surface area contributed by atoms with Crippen molar-refractivity contribution in [1.82, 2.24) is 0 Å². The largest absolute Gasteiger partial charge is 0.399 e. The molecule has 0 unspecified atom stereocenters. The number of benzene rings is 2. The van der Waals surface area contributed by atoms with E-state index >= 15 is 0 Å². The maximum absolute atomic E-state index is 11.9. The van der Waals surface area contributed by atoms with E-state index < -0.39 is 0 Å². The molecule has 6 N–H and O–H groups in total. The highest BCUT2D eigenvalue weighted by molar-refractivity contribution is 5.93. The van der Waals surface area contributed by atoms with Gasteiger partial charge in [0.1, 0.15) is 0 Å². The number of nitrogen functional groups attached to an aromatic ring is 2. The topological polar surface area (TPSA) is 110 Å². The molecule has 132 valence electrons. The second-order valence-corrected chi connectivity index (χ2v) is 5.87. The van der Waals surface area contributed by atoms with Crippen LogP contribution in [0.5, 0.6) is 0 Å². The molecule has 2 rings (SSSR count). The average Bonchev–Trinajstić information content (AvgIpc) is 2.59. The van der Waals surface area contributed by atoms with E-state index in [1.54, 1.807) is 36.4 Å². The number of anilines is 4. The van der Waals surface area contributed by atoms with Crippen LogP contribution in [-0.4, -0.2) is 11.8 Å². The number of rotatable bonds is 8. The van der Waals surface area contributed by atoms with Gasteiger partial charge in [0.05, 0.1) is 11.4 Å². The normalized spacial score (nSPS) is 10.2. The van der Waals surface area contributed by atoms with E-state index in [9.17, 15) is 9.59 Å². The van der Waals surface area contributed by atoms with Gasteiger partial charge in [-0.2, -0.15) is 0 Å². The fourth-order valence-electron chi connectivity index (χ4n) is 2.36. The SMILES string of the molecule is Nc1ccc(NC(=O)CCCCCC(=O)Nc2ccccc2N)cc1. The molecule has 0 bridgehead atoms. The molecule has 0 saturated carbocycles. The molecule has 25 heavy (non-hydrogen) atoms. The van der Waals surface area contributed by atoms with Crippen LogP contribution in [0.4, 0.5) is 22.7 Å². The zero-order valence-corrected chi connectivity index (χ0v) is 14.1. The molecule has 2 aromatic rings. The summed E-state index contributed by atoms with van der Waals surface area (Å²) in [5, 5.41) is 5.61. The van der Waals surface area contributed by atoms with Crippen LogP contribution in [0.25, 0.3) is 0 Å². The zero-order chi connectivity index (χ0) is 18.1. The average molecular weight is 340 g/mol. The molecular weight excluding hydrogens is 316 g/mol. The van der Waals surface area contributed by atoms with Gasteiger partial charge in [-0.1, -0.05) is 18.6 Å². The Kier molecular flexibility index (Phi) is 6.83. The van der Waals surface area contributed by atoms with Gasteiger partial charge in [0, 0.05) is 24.2 Å². The molecule has 0 saturated heterocycles. The number of amides is 2. The molecule has 6 nitrogen and oxygen atoms in total. The molecule has 0 spiro atoms. The Balaban J connectivity index is 1.59. The first-order chi connectivity index (χ1) is 12.0. The van der Waals surface area contributed by atoms with Crippen LogP contribution in [0.1, 0.15) is 32.1 Å². The summed E-state index contributed by atoms with van der Waals surface area (Å²) in [4.78, 5) is 23.7. The van der Waals surface area contributed by atoms with Crippen molar-refractivity contribution in [3.8, 4) is 0 Å². The fourth-order valence-corrected chi connectivity index (χ4v) is 2.36. The van der Waals surface area contributed by atoms with Gasteiger partial charge < -0.3 is 22.1 Å². The third-order valence-corrected chi connectivity index (χ3v) is 3.74. The van der Waals surface area contributed by atoms with Gasteiger partial charge in [-0.15, -0.1) is 0 Å². The van der Waals surface area contributed by atoms with Gasteiger partial charge in [-0.3, -0.25) is 9.59 Å².